The number of nitrogens with zero attached hydrogens (tertiary/aromatic N) is 1. The number of carbonyl (C=O) groups is 1. The minimum Gasteiger partial charge on any atom is -0.399 e. The molecule has 0 atom stereocenters. The Balaban J connectivity index is 3.05. The van der Waals surface area contributed by atoms with Gasteiger partial charge in [0, 0.05) is 28.7 Å². The van der Waals surface area contributed by atoms with Crippen LogP contribution in [0.1, 0.15) is 0 Å². The van der Waals surface area contributed by atoms with Crippen LogP contribution in [0.3, 0.4) is 0 Å². The largest absolute Gasteiger partial charge is 0.399 e. The molecule has 106 valence electrons. The molecular weight excluding hydrogens is 402 g/mol. The maximum absolute atomic E-state index is 12.1. The number of halogens is 2. The molecular formula is C10H13Br2N3O3S. The molecule has 9 heteroatoms. The van der Waals surface area contributed by atoms with Crippen LogP contribution in [-0.2, 0) is 14.8 Å². The molecule has 0 unspecified atom stereocenters. The molecule has 0 fully saturated rings. The van der Waals surface area contributed by atoms with Crippen LogP contribution in [-0.4, -0.2) is 39.9 Å². The van der Waals surface area contributed by atoms with E-state index in [1.807, 2.05) is 0 Å². The Kier molecular flexibility index (Phi) is 5.36. The number of likely N-dealkylation sites (N-methyl/N-ethyl adjacent to an activating group) is 1. The molecule has 19 heavy (non-hydrogen) atoms. The van der Waals surface area contributed by atoms with E-state index in [0.29, 0.717) is 14.6 Å². The highest BCUT2D eigenvalue weighted by atomic mass is 79.9. The third-order valence-electron chi connectivity index (χ3n) is 2.20. The van der Waals surface area contributed by atoms with Gasteiger partial charge in [0.25, 0.3) is 0 Å². The number of nitrogens with two attached hydrogens (primary N) is 1. The lowest BCUT2D eigenvalue weighted by Gasteiger charge is -2.13. The lowest BCUT2D eigenvalue weighted by molar-refractivity contribution is -0.127. The topological polar surface area (TPSA) is 92.5 Å². The molecule has 0 saturated carbocycles. The molecule has 1 amide bonds. The Morgan fingerprint density at radius 1 is 1.32 bits per heavy atom. The predicted molar refractivity (Wildman–Crippen MR) is 80.1 cm³/mol. The van der Waals surface area contributed by atoms with Crippen LogP contribution in [0.4, 0.5) is 5.69 Å². The standard InChI is InChI=1S/C10H13Br2N3O3S/c1-15(2)9(16)5-14-19(17,18)10-7(11)3-6(13)4-8(10)12/h3-4,14H,5,13H2,1-2H3. The molecule has 6 nitrogen and oxygen atoms in total. The van der Waals surface area contributed by atoms with Crippen molar-refractivity contribution in [3.05, 3.63) is 21.1 Å². The van der Waals surface area contributed by atoms with Gasteiger partial charge < -0.3 is 10.6 Å². The summed E-state index contributed by atoms with van der Waals surface area (Å²) in [6.45, 7) is -0.307. The molecule has 0 aliphatic heterocycles. The van der Waals surface area contributed by atoms with Crippen molar-refractivity contribution in [2.24, 2.45) is 0 Å². The Hall–Kier alpha value is -0.640. The zero-order valence-corrected chi connectivity index (χ0v) is 14.3. The van der Waals surface area contributed by atoms with Gasteiger partial charge in [0.15, 0.2) is 0 Å². The van der Waals surface area contributed by atoms with Gasteiger partial charge in [-0.3, -0.25) is 4.79 Å². The first kappa shape index (κ1) is 16.4. The number of amides is 1. The lowest BCUT2D eigenvalue weighted by atomic mass is 10.3. The summed E-state index contributed by atoms with van der Waals surface area (Å²) < 4.78 is 27.1. The molecule has 0 aromatic heterocycles. The van der Waals surface area contributed by atoms with Gasteiger partial charge in [-0.1, -0.05) is 0 Å². The van der Waals surface area contributed by atoms with Crippen LogP contribution in [0.2, 0.25) is 0 Å². The number of nitrogen functional groups attached to an aromatic ring is 1. The van der Waals surface area contributed by atoms with Crippen molar-refractivity contribution in [3.8, 4) is 0 Å². The van der Waals surface area contributed by atoms with Gasteiger partial charge in [0.2, 0.25) is 15.9 Å². The van der Waals surface area contributed by atoms with Crippen LogP contribution in [0.5, 0.6) is 0 Å². The smallest absolute Gasteiger partial charge is 0.243 e. The molecule has 3 N–H and O–H groups in total. The van der Waals surface area contributed by atoms with E-state index in [1.165, 1.54) is 17.0 Å². The average molecular weight is 415 g/mol. The highest BCUT2D eigenvalue weighted by molar-refractivity contribution is 9.11. The van der Waals surface area contributed by atoms with Crippen LogP contribution in [0.15, 0.2) is 26.0 Å². The number of benzene rings is 1. The van der Waals surface area contributed by atoms with Gasteiger partial charge >= 0.3 is 0 Å². The van der Waals surface area contributed by atoms with Crippen LogP contribution < -0.4 is 10.5 Å². The zero-order valence-electron chi connectivity index (χ0n) is 10.3. The van der Waals surface area contributed by atoms with Gasteiger partial charge in [-0.25, -0.2) is 13.1 Å². The molecule has 0 aliphatic carbocycles. The van der Waals surface area contributed by atoms with E-state index >= 15 is 0 Å². The van der Waals surface area contributed by atoms with E-state index in [0.717, 1.165) is 0 Å². The maximum Gasteiger partial charge on any atom is 0.243 e. The summed E-state index contributed by atoms with van der Waals surface area (Å²) in [5, 5.41) is 0. The fraction of sp³-hybridized carbons (Fsp3) is 0.300. The number of hydrogen-bond donors (Lipinski definition) is 2. The Labute approximate surface area is 128 Å². The normalized spacial score (nSPS) is 11.4. The average Bonchev–Trinajstić information content (AvgIpc) is 2.23. The van der Waals surface area contributed by atoms with Crippen LogP contribution >= 0.6 is 31.9 Å². The third kappa shape index (κ3) is 4.16. The van der Waals surface area contributed by atoms with Crippen molar-refractivity contribution in [1.29, 1.82) is 0 Å². The first-order valence-corrected chi connectivity index (χ1v) is 8.16. The van der Waals surface area contributed by atoms with Crippen LogP contribution in [0, 0.1) is 0 Å². The van der Waals surface area contributed by atoms with Gasteiger partial charge in [-0.2, -0.15) is 0 Å². The number of anilines is 1. The number of carbonyl (C=O) groups excluding carboxylic acids is 1. The summed E-state index contributed by atoms with van der Waals surface area (Å²) >= 11 is 6.29. The van der Waals surface area contributed by atoms with Crippen molar-refractivity contribution in [1.82, 2.24) is 9.62 Å². The van der Waals surface area contributed by atoms with Gasteiger partial charge in [0.05, 0.1) is 6.54 Å². The second-order valence-electron chi connectivity index (χ2n) is 3.93. The minimum atomic E-state index is -3.81. The van der Waals surface area contributed by atoms with E-state index in [2.05, 4.69) is 36.6 Å². The van der Waals surface area contributed by atoms with Crippen LogP contribution in [0.25, 0.3) is 0 Å². The number of sulfonamides is 1. The van der Waals surface area contributed by atoms with Crippen molar-refractivity contribution in [3.63, 3.8) is 0 Å². The molecule has 0 spiro atoms. The lowest BCUT2D eigenvalue weighted by Crippen LogP contribution is -2.36. The first-order chi connectivity index (χ1) is 8.65. The van der Waals surface area contributed by atoms with E-state index in [-0.39, 0.29) is 17.3 Å². The van der Waals surface area contributed by atoms with Gasteiger partial charge in [-0.15, -0.1) is 0 Å². The maximum atomic E-state index is 12.1. The van der Waals surface area contributed by atoms with E-state index < -0.39 is 10.0 Å². The summed E-state index contributed by atoms with van der Waals surface area (Å²) in [6, 6.07) is 2.96. The molecule has 0 saturated heterocycles. The Morgan fingerprint density at radius 2 is 1.79 bits per heavy atom. The summed E-state index contributed by atoms with van der Waals surface area (Å²) in [5.74, 6) is -0.341. The summed E-state index contributed by atoms with van der Waals surface area (Å²) in [7, 11) is -0.719. The second-order valence-corrected chi connectivity index (χ2v) is 7.34. The van der Waals surface area contributed by atoms with Crippen molar-refractivity contribution in [2.45, 2.75) is 4.90 Å². The van der Waals surface area contributed by atoms with Gasteiger partial charge in [-0.05, 0) is 44.0 Å². The minimum absolute atomic E-state index is 0.00764. The van der Waals surface area contributed by atoms with Gasteiger partial charge in [0.1, 0.15) is 4.90 Å². The molecule has 0 bridgehead atoms. The fourth-order valence-electron chi connectivity index (χ4n) is 1.22. The SMILES string of the molecule is CN(C)C(=O)CNS(=O)(=O)c1c(Br)cc(N)cc1Br. The fourth-order valence-corrected chi connectivity index (χ4v) is 4.81. The molecule has 1 rings (SSSR count). The summed E-state index contributed by atoms with van der Waals surface area (Å²) in [6.07, 6.45) is 0. The highest BCUT2D eigenvalue weighted by Gasteiger charge is 2.22. The predicted octanol–water partition coefficient (Wildman–Crippen LogP) is 1.16. The van der Waals surface area contributed by atoms with E-state index in [9.17, 15) is 13.2 Å². The Bertz CT molecular complexity index is 579. The molecule has 0 heterocycles. The quantitative estimate of drug-likeness (QED) is 0.723. The van der Waals surface area contributed by atoms with Crippen molar-refractivity contribution in [2.75, 3.05) is 26.4 Å². The molecule has 0 radical (unpaired) electrons. The van der Waals surface area contributed by atoms with E-state index in [4.69, 9.17) is 5.73 Å². The first-order valence-electron chi connectivity index (χ1n) is 5.09. The second kappa shape index (κ2) is 6.21. The number of hydrogen-bond acceptors (Lipinski definition) is 4. The molecule has 1 aromatic rings. The third-order valence-corrected chi connectivity index (χ3v) is 5.48. The number of rotatable bonds is 4. The van der Waals surface area contributed by atoms with E-state index in [1.54, 1.807) is 14.1 Å². The zero-order chi connectivity index (χ0) is 14.8. The summed E-state index contributed by atoms with van der Waals surface area (Å²) in [4.78, 5) is 12.7. The molecule has 0 aliphatic rings. The highest BCUT2D eigenvalue weighted by Crippen LogP contribution is 2.32. The van der Waals surface area contributed by atoms with Crippen molar-refractivity contribution >= 4 is 53.5 Å². The number of nitrogens with one attached hydrogen (secondary N) is 1. The monoisotopic (exact) mass is 413 g/mol. The summed E-state index contributed by atoms with van der Waals surface area (Å²) in [5.41, 5.74) is 6.02. The van der Waals surface area contributed by atoms with Crippen molar-refractivity contribution < 1.29 is 13.2 Å². The molecule has 1 aromatic carbocycles. The Morgan fingerprint density at radius 3 is 2.21 bits per heavy atom.